The summed E-state index contributed by atoms with van der Waals surface area (Å²) in [6.45, 7) is 1.21. The summed E-state index contributed by atoms with van der Waals surface area (Å²) >= 11 is 0. The van der Waals surface area contributed by atoms with Crippen LogP contribution in [0.5, 0.6) is 0 Å². The Kier molecular flexibility index (Phi) is 2.83. The predicted octanol–water partition coefficient (Wildman–Crippen LogP) is 0.701. The number of para-hydroxylation sites is 1. The minimum absolute atomic E-state index is 0.0391. The number of carbonyl (C=O) groups is 1. The average Bonchev–Trinajstić information content (AvgIpc) is 2.83. The highest BCUT2D eigenvalue weighted by molar-refractivity contribution is 6.06. The number of pyridine rings is 1. The van der Waals surface area contributed by atoms with Gasteiger partial charge in [0, 0.05) is 36.1 Å². The molecule has 5 heteroatoms. The van der Waals surface area contributed by atoms with Crippen LogP contribution in [0.15, 0.2) is 35.1 Å². The molecule has 2 heterocycles. The van der Waals surface area contributed by atoms with Crippen molar-refractivity contribution in [1.29, 1.82) is 0 Å². The third kappa shape index (κ3) is 2.13. The predicted molar refractivity (Wildman–Crippen MR) is 73.1 cm³/mol. The van der Waals surface area contributed by atoms with Gasteiger partial charge in [-0.3, -0.25) is 9.59 Å². The Morgan fingerprint density at radius 3 is 2.89 bits per heavy atom. The Labute approximate surface area is 110 Å². The minimum Gasteiger partial charge on any atom is -0.337 e. The highest BCUT2D eigenvalue weighted by Gasteiger charge is 2.25. The summed E-state index contributed by atoms with van der Waals surface area (Å²) in [6, 6.07) is 8.73. The van der Waals surface area contributed by atoms with Crippen LogP contribution in [-0.2, 0) is 0 Å². The monoisotopic (exact) mass is 257 g/mol. The maximum atomic E-state index is 12.5. The lowest BCUT2D eigenvalue weighted by atomic mass is 10.1. The van der Waals surface area contributed by atoms with Gasteiger partial charge in [0.2, 0.25) is 5.56 Å². The van der Waals surface area contributed by atoms with Crippen LogP contribution in [-0.4, -0.2) is 34.9 Å². The molecule has 1 saturated heterocycles. The Balaban J connectivity index is 2.09. The summed E-state index contributed by atoms with van der Waals surface area (Å²) in [4.78, 5) is 28.6. The fourth-order valence-corrected chi connectivity index (χ4v) is 2.52. The van der Waals surface area contributed by atoms with E-state index in [0.717, 1.165) is 11.8 Å². The smallest absolute Gasteiger partial charge is 0.254 e. The van der Waals surface area contributed by atoms with E-state index in [0.29, 0.717) is 24.2 Å². The van der Waals surface area contributed by atoms with Gasteiger partial charge in [-0.25, -0.2) is 0 Å². The molecule has 0 saturated carbocycles. The zero-order valence-corrected chi connectivity index (χ0v) is 10.4. The second-order valence-electron chi connectivity index (χ2n) is 4.89. The quantitative estimate of drug-likeness (QED) is 0.789. The summed E-state index contributed by atoms with van der Waals surface area (Å²) in [7, 11) is 0. The number of hydrogen-bond donors (Lipinski definition) is 2. The van der Waals surface area contributed by atoms with Gasteiger partial charge in [-0.2, -0.15) is 0 Å². The van der Waals surface area contributed by atoms with Crippen LogP contribution in [0.1, 0.15) is 16.8 Å². The molecule has 3 N–H and O–H groups in total. The molecular weight excluding hydrogens is 242 g/mol. The molecule has 3 rings (SSSR count). The van der Waals surface area contributed by atoms with Crippen molar-refractivity contribution < 1.29 is 4.79 Å². The lowest BCUT2D eigenvalue weighted by Gasteiger charge is -2.16. The first kappa shape index (κ1) is 11.9. The number of nitrogens with two attached hydrogens (primary N) is 1. The molecule has 1 amide bonds. The molecule has 1 aliphatic heterocycles. The highest BCUT2D eigenvalue weighted by Crippen LogP contribution is 2.18. The van der Waals surface area contributed by atoms with Gasteiger partial charge in [0.1, 0.15) is 0 Å². The molecule has 0 bridgehead atoms. The molecule has 1 fully saturated rings. The second-order valence-corrected chi connectivity index (χ2v) is 4.89. The summed E-state index contributed by atoms with van der Waals surface area (Å²) < 4.78 is 0. The molecule has 0 aliphatic carbocycles. The third-order valence-electron chi connectivity index (χ3n) is 3.49. The fourth-order valence-electron chi connectivity index (χ4n) is 2.52. The van der Waals surface area contributed by atoms with Crippen molar-refractivity contribution in [1.82, 2.24) is 9.88 Å². The first-order valence-electron chi connectivity index (χ1n) is 6.32. The molecule has 1 aliphatic rings. The Morgan fingerprint density at radius 1 is 1.37 bits per heavy atom. The van der Waals surface area contributed by atoms with Crippen LogP contribution in [0.2, 0.25) is 0 Å². The molecule has 98 valence electrons. The van der Waals surface area contributed by atoms with Crippen molar-refractivity contribution in [2.45, 2.75) is 12.5 Å². The third-order valence-corrected chi connectivity index (χ3v) is 3.49. The molecule has 2 aromatic rings. The van der Waals surface area contributed by atoms with Gasteiger partial charge < -0.3 is 15.6 Å². The van der Waals surface area contributed by atoms with Crippen LogP contribution in [0.25, 0.3) is 10.9 Å². The van der Waals surface area contributed by atoms with Gasteiger partial charge in [-0.05, 0) is 12.5 Å². The van der Waals surface area contributed by atoms with Gasteiger partial charge in [0.25, 0.3) is 5.91 Å². The molecule has 1 aromatic carbocycles. The average molecular weight is 257 g/mol. The first-order valence-corrected chi connectivity index (χ1v) is 6.32. The summed E-state index contributed by atoms with van der Waals surface area (Å²) in [6.07, 6.45) is 0.812. The van der Waals surface area contributed by atoms with E-state index in [1.54, 1.807) is 11.0 Å². The van der Waals surface area contributed by atoms with Crippen molar-refractivity contribution in [3.63, 3.8) is 0 Å². The van der Waals surface area contributed by atoms with E-state index in [-0.39, 0.29) is 17.5 Å². The first-order chi connectivity index (χ1) is 9.15. The zero-order valence-electron chi connectivity index (χ0n) is 10.4. The zero-order chi connectivity index (χ0) is 13.4. The Morgan fingerprint density at radius 2 is 2.16 bits per heavy atom. The number of amides is 1. The Hall–Kier alpha value is -2.14. The lowest BCUT2D eigenvalue weighted by Crippen LogP contribution is -2.32. The van der Waals surface area contributed by atoms with Crippen molar-refractivity contribution in [3.05, 3.63) is 46.2 Å². The van der Waals surface area contributed by atoms with Gasteiger partial charge in [0.05, 0.1) is 5.56 Å². The van der Waals surface area contributed by atoms with E-state index < -0.39 is 0 Å². The Bertz CT molecular complexity index is 692. The normalized spacial score (nSPS) is 19.0. The summed E-state index contributed by atoms with van der Waals surface area (Å²) in [5, 5.41) is 0.771. The van der Waals surface area contributed by atoms with Gasteiger partial charge in [-0.1, -0.05) is 18.2 Å². The number of H-pyrrole nitrogens is 1. The topological polar surface area (TPSA) is 79.2 Å². The molecule has 1 atom stereocenters. The number of nitrogens with zero attached hydrogens (tertiary/aromatic N) is 1. The van der Waals surface area contributed by atoms with Crippen LogP contribution < -0.4 is 11.3 Å². The molecule has 0 radical (unpaired) electrons. The number of carbonyl (C=O) groups excluding carboxylic acids is 1. The summed E-state index contributed by atoms with van der Waals surface area (Å²) in [5.74, 6) is -0.116. The van der Waals surface area contributed by atoms with Crippen LogP contribution in [0, 0.1) is 0 Å². The van der Waals surface area contributed by atoms with Gasteiger partial charge in [-0.15, -0.1) is 0 Å². The molecule has 19 heavy (non-hydrogen) atoms. The maximum Gasteiger partial charge on any atom is 0.254 e. The number of aromatic nitrogens is 1. The van der Waals surface area contributed by atoms with Crippen LogP contribution in [0.4, 0.5) is 0 Å². The number of rotatable bonds is 1. The number of nitrogens with one attached hydrogen (secondary N) is 1. The van der Waals surface area contributed by atoms with E-state index >= 15 is 0 Å². The van der Waals surface area contributed by atoms with Crippen molar-refractivity contribution in [2.75, 3.05) is 13.1 Å². The minimum atomic E-state index is -0.259. The van der Waals surface area contributed by atoms with Crippen LogP contribution >= 0.6 is 0 Å². The number of aromatic amines is 1. The number of fused-ring (bicyclic) bond motifs is 1. The molecule has 0 spiro atoms. The molecule has 1 aromatic heterocycles. The number of hydrogen-bond acceptors (Lipinski definition) is 3. The molecule has 0 unspecified atom stereocenters. The van der Waals surface area contributed by atoms with Crippen LogP contribution in [0.3, 0.4) is 0 Å². The maximum absolute atomic E-state index is 12.5. The van der Waals surface area contributed by atoms with Crippen molar-refractivity contribution in [2.24, 2.45) is 5.73 Å². The SMILES string of the molecule is N[C@@H]1CCN(C(=O)c2cc(=O)[nH]c3ccccc23)C1. The molecule has 5 nitrogen and oxygen atoms in total. The van der Waals surface area contributed by atoms with E-state index in [1.165, 1.54) is 6.07 Å². The van der Waals surface area contributed by atoms with E-state index in [1.807, 2.05) is 18.2 Å². The standard InChI is InChI=1S/C14H15N3O2/c15-9-5-6-17(8-9)14(19)11-7-13(18)16-12-4-2-1-3-10(11)12/h1-4,7,9H,5-6,8,15H2,(H,16,18)/t9-/m1/s1. The van der Waals surface area contributed by atoms with Gasteiger partial charge >= 0.3 is 0 Å². The molecular formula is C14H15N3O2. The lowest BCUT2D eigenvalue weighted by molar-refractivity contribution is 0.0792. The van der Waals surface area contributed by atoms with E-state index in [4.69, 9.17) is 5.73 Å². The van der Waals surface area contributed by atoms with Crippen molar-refractivity contribution in [3.8, 4) is 0 Å². The second kappa shape index (κ2) is 4.51. The fraction of sp³-hybridized carbons (Fsp3) is 0.286. The summed E-state index contributed by atoms with van der Waals surface area (Å²) in [5.41, 5.74) is 6.70. The number of benzene rings is 1. The van der Waals surface area contributed by atoms with Gasteiger partial charge in [0.15, 0.2) is 0 Å². The highest BCUT2D eigenvalue weighted by atomic mass is 16.2. The van der Waals surface area contributed by atoms with Crippen molar-refractivity contribution >= 4 is 16.8 Å². The van der Waals surface area contributed by atoms with E-state index in [9.17, 15) is 9.59 Å². The largest absolute Gasteiger partial charge is 0.337 e. The van der Waals surface area contributed by atoms with E-state index in [2.05, 4.69) is 4.98 Å². The number of likely N-dealkylation sites (tertiary alicyclic amines) is 1.